The Balaban J connectivity index is 1.57. The van der Waals surface area contributed by atoms with Crippen molar-refractivity contribution in [2.75, 3.05) is 18.0 Å². The number of rotatable bonds is 3. The van der Waals surface area contributed by atoms with Crippen LogP contribution in [-0.2, 0) is 17.4 Å². The summed E-state index contributed by atoms with van der Waals surface area (Å²) in [6.45, 7) is 7.90. The molecule has 0 saturated carbocycles. The summed E-state index contributed by atoms with van der Waals surface area (Å²) in [7, 11) is -1.10. The van der Waals surface area contributed by atoms with E-state index in [2.05, 4.69) is 59.8 Å². The van der Waals surface area contributed by atoms with Gasteiger partial charge < -0.3 is 4.90 Å². The molecule has 0 bridgehead atoms. The highest BCUT2D eigenvalue weighted by molar-refractivity contribution is 9.10. The summed E-state index contributed by atoms with van der Waals surface area (Å²) >= 11 is 3.40. The maximum Gasteiger partial charge on any atom is 0.225 e. The summed E-state index contributed by atoms with van der Waals surface area (Å²) < 4.78 is 17.1. The highest BCUT2D eigenvalue weighted by Gasteiger charge is 2.48. The third-order valence-electron chi connectivity index (χ3n) is 5.95. The second-order valence-corrected chi connectivity index (χ2v) is 11.8. The van der Waals surface area contributed by atoms with Crippen LogP contribution < -0.4 is 9.62 Å². The molecule has 2 atom stereocenters. The molecule has 1 spiro atoms. The fourth-order valence-corrected chi connectivity index (χ4v) is 5.50. The van der Waals surface area contributed by atoms with E-state index in [0.717, 1.165) is 42.8 Å². The van der Waals surface area contributed by atoms with Crippen molar-refractivity contribution in [2.24, 2.45) is 5.41 Å². The fraction of sp³-hybridized carbons (Fsp3) is 0.524. The molecule has 150 valence electrons. The Kier molecular flexibility index (Phi) is 5.35. The first-order valence-corrected chi connectivity index (χ1v) is 11.7. The molecule has 1 aliphatic carbocycles. The van der Waals surface area contributed by atoms with Crippen molar-refractivity contribution in [1.29, 1.82) is 0 Å². The molecule has 5 nitrogen and oxygen atoms in total. The number of nitrogens with one attached hydrogen (secondary N) is 1. The number of hydrogen-bond donors (Lipinski definition) is 1. The molecule has 1 N–H and O–H groups in total. The lowest BCUT2D eigenvalue weighted by molar-refractivity contribution is 0.177. The molecule has 7 heteroatoms. The zero-order valence-corrected chi connectivity index (χ0v) is 19.0. The molecule has 1 aliphatic heterocycles. The highest BCUT2D eigenvalue weighted by Crippen LogP contribution is 2.52. The van der Waals surface area contributed by atoms with Crippen LogP contribution in [0, 0.1) is 5.41 Å². The Labute approximate surface area is 178 Å². The summed E-state index contributed by atoms with van der Waals surface area (Å²) in [5, 5.41) is 0. The van der Waals surface area contributed by atoms with Gasteiger partial charge >= 0.3 is 0 Å². The average Bonchev–Trinajstić information content (AvgIpc) is 2.95. The van der Waals surface area contributed by atoms with Gasteiger partial charge in [-0.25, -0.2) is 18.9 Å². The first-order valence-electron chi connectivity index (χ1n) is 9.77. The summed E-state index contributed by atoms with van der Waals surface area (Å²) in [6, 6.07) is 8.75. The SMILES string of the molecule is CC(C)(C)S(=O)N[C@@H]1c2ccccc2CC12CCN(c1ncc(Br)cn1)CC2. The van der Waals surface area contributed by atoms with E-state index >= 15 is 0 Å². The van der Waals surface area contributed by atoms with Gasteiger partial charge in [0.2, 0.25) is 5.95 Å². The lowest BCUT2D eigenvalue weighted by atomic mass is 9.73. The van der Waals surface area contributed by atoms with Gasteiger partial charge in [-0.1, -0.05) is 24.3 Å². The summed E-state index contributed by atoms with van der Waals surface area (Å²) in [5.41, 5.74) is 2.80. The molecule has 2 heterocycles. The Morgan fingerprint density at radius 1 is 1.18 bits per heavy atom. The Hall–Kier alpha value is -1.31. The van der Waals surface area contributed by atoms with Crippen LogP contribution in [0.3, 0.4) is 0 Å². The number of fused-ring (bicyclic) bond motifs is 1. The van der Waals surface area contributed by atoms with Crippen LogP contribution in [0.15, 0.2) is 41.1 Å². The molecule has 1 aromatic heterocycles. The van der Waals surface area contributed by atoms with Crippen LogP contribution >= 0.6 is 15.9 Å². The molecule has 1 aromatic carbocycles. The van der Waals surface area contributed by atoms with Crippen molar-refractivity contribution in [3.05, 3.63) is 52.3 Å². The van der Waals surface area contributed by atoms with Gasteiger partial charge in [0.15, 0.2) is 0 Å². The molecule has 1 unspecified atom stereocenters. The average molecular weight is 463 g/mol. The van der Waals surface area contributed by atoms with E-state index in [1.807, 2.05) is 20.8 Å². The third-order valence-corrected chi connectivity index (χ3v) is 7.92. The van der Waals surface area contributed by atoms with Gasteiger partial charge in [0.25, 0.3) is 0 Å². The monoisotopic (exact) mass is 462 g/mol. The van der Waals surface area contributed by atoms with Gasteiger partial charge in [-0.3, -0.25) is 0 Å². The van der Waals surface area contributed by atoms with Gasteiger partial charge in [0.1, 0.15) is 0 Å². The van der Waals surface area contributed by atoms with E-state index in [9.17, 15) is 4.21 Å². The number of benzene rings is 1. The second-order valence-electron chi connectivity index (χ2n) is 8.86. The van der Waals surface area contributed by atoms with E-state index in [-0.39, 0.29) is 16.2 Å². The quantitative estimate of drug-likeness (QED) is 0.742. The Morgan fingerprint density at radius 2 is 1.82 bits per heavy atom. The first kappa shape index (κ1) is 20.0. The van der Waals surface area contributed by atoms with E-state index < -0.39 is 11.0 Å². The van der Waals surface area contributed by atoms with Gasteiger partial charge in [0.05, 0.1) is 26.2 Å². The Morgan fingerprint density at radius 3 is 2.46 bits per heavy atom. The number of hydrogen-bond acceptors (Lipinski definition) is 4. The first-order chi connectivity index (χ1) is 13.3. The smallest absolute Gasteiger partial charge is 0.225 e. The van der Waals surface area contributed by atoms with Gasteiger partial charge in [-0.15, -0.1) is 0 Å². The predicted molar refractivity (Wildman–Crippen MR) is 118 cm³/mol. The van der Waals surface area contributed by atoms with Crippen molar-refractivity contribution >= 4 is 32.9 Å². The van der Waals surface area contributed by atoms with Crippen LogP contribution in [0.2, 0.25) is 0 Å². The Bertz CT molecular complexity index is 873. The number of anilines is 1. The van der Waals surface area contributed by atoms with Crippen LogP contribution in [-0.4, -0.2) is 32.0 Å². The van der Waals surface area contributed by atoms with Gasteiger partial charge in [0, 0.05) is 25.5 Å². The number of halogens is 1. The van der Waals surface area contributed by atoms with Crippen LogP contribution in [0.5, 0.6) is 0 Å². The van der Waals surface area contributed by atoms with Crippen molar-refractivity contribution in [1.82, 2.24) is 14.7 Å². The van der Waals surface area contributed by atoms with E-state index in [0.29, 0.717) is 0 Å². The lowest BCUT2D eigenvalue weighted by Crippen LogP contribution is -2.48. The third kappa shape index (κ3) is 3.76. The molecule has 0 amide bonds. The summed E-state index contributed by atoms with van der Waals surface area (Å²) in [4.78, 5) is 11.2. The van der Waals surface area contributed by atoms with E-state index in [1.54, 1.807) is 12.4 Å². The molecule has 1 saturated heterocycles. The molecular formula is C21H27BrN4OS. The molecule has 2 aliphatic rings. The summed E-state index contributed by atoms with van der Waals surface area (Å²) in [5.74, 6) is 0.788. The topological polar surface area (TPSA) is 58.1 Å². The fourth-order valence-electron chi connectivity index (χ4n) is 4.35. The molecule has 28 heavy (non-hydrogen) atoms. The van der Waals surface area contributed by atoms with Crippen molar-refractivity contribution in [3.63, 3.8) is 0 Å². The minimum Gasteiger partial charge on any atom is -0.341 e. The standard InChI is InChI=1S/C21H27BrN4OS/c1-20(2,3)28(27)25-18-17-7-5-4-6-15(17)12-21(18)8-10-26(11-9-21)19-23-13-16(22)14-24-19/h4-7,13-14,18,25H,8-12H2,1-3H3/t18-,28?/m1/s1. The zero-order valence-electron chi connectivity index (χ0n) is 16.6. The maximum atomic E-state index is 12.9. The molecule has 1 fully saturated rings. The number of piperidine rings is 1. The van der Waals surface area contributed by atoms with Crippen molar-refractivity contribution in [3.8, 4) is 0 Å². The van der Waals surface area contributed by atoms with Crippen molar-refractivity contribution in [2.45, 2.75) is 50.8 Å². The minimum atomic E-state index is -1.10. The highest BCUT2D eigenvalue weighted by atomic mass is 79.9. The molecule has 0 radical (unpaired) electrons. The number of nitrogens with zero attached hydrogens (tertiary/aromatic N) is 3. The van der Waals surface area contributed by atoms with E-state index in [1.165, 1.54) is 11.1 Å². The van der Waals surface area contributed by atoms with E-state index in [4.69, 9.17) is 0 Å². The van der Waals surface area contributed by atoms with Crippen LogP contribution in [0.1, 0.15) is 50.8 Å². The number of aromatic nitrogens is 2. The van der Waals surface area contributed by atoms with Crippen LogP contribution in [0.25, 0.3) is 0 Å². The molecule has 4 rings (SSSR count). The molecular weight excluding hydrogens is 436 g/mol. The normalized spacial score (nSPS) is 22.3. The summed E-state index contributed by atoms with van der Waals surface area (Å²) in [6.07, 6.45) is 6.70. The van der Waals surface area contributed by atoms with Crippen LogP contribution in [0.4, 0.5) is 5.95 Å². The van der Waals surface area contributed by atoms with Gasteiger partial charge in [-0.2, -0.15) is 0 Å². The molecule has 2 aromatic rings. The predicted octanol–water partition coefficient (Wildman–Crippen LogP) is 4.17. The zero-order chi connectivity index (χ0) is 19.9. The lowest BCUT2D eigenvalue weighted by Gasteiger charge is -2.44. The largest absolute Gasteiger partial charge is 0.341 e. The maximum absolute atomic E-state index is 12.9. The van der Waals surface area contributed by atoms with Gasteiger partial charge in [-0.05, 0) is 72.5 Å². The minimum absolute atomic E-state index is 0.0937. The van der Waals surface area contributed by atoms with Crippen molar-refractivity contribution < 1.29 is 4.21 Å². The second kappa shape index (κ2) is 7.50.